The lowest BCUT2D eigenvalue weighted by atomic mass is 9.91. The molecule has 6 nitrogen and oxygen atoms in total. The van der Waals surface area contributed by atoms with E-state index in [2.05, 4.69) is 10.3 Å². The molecule has 2 aliphatic rings. The normalized spacial score (nSPS) is 21.6. The number of nitrogens with two attached hydrogens (primary N) is 1. The van der Waals surface area contributed by atoms with E-state index in [0.29, 0.717) is 31.1 Å². The first-order valence-corrected chi connectivity index (χ1v) is 8.75. The number of likely N-dealkylation sites (tertiary alicyclic amines) is 1. The van der Waals surface area contributed by atoms with E-state index < -0.39 is 0 Å². The van der Waals surface area contributed by atoms with Crippen LogP contribution in [0.1, 0.15) is 43.0 Å². The zero-order valence-electron chi connectivity index (χ0n) is 15.0. The van der Waals surface area contributed by atoms with Crippen molar-refractivity contribution in [3.8, 4) is 0 Å². The monoisotopic (exact) mass is 402 g/mol. The molecular weight excluding hydrogens is 375 g/mol. The van der Waals surface area contributed by atoms with E-state index in [1.165, 1.54) is 0 Å². The first kappa shape index (κ1) is 22.7. The maximum absolute atomic E-state index is 12.7. The molecular formula is C18H28Cl2N4O2. The van der Waals surface area contributed by atoms with Crippen LogP contribution in [0.4, 0.5) is 0 Å². The number of carbonyl (C=O) groups excluding carboxylic acids is 2. The number of carbonyl (C=O) groups is 2. The second kappa shape index (κ2) is 9.53. The Labute approximate surface area is 167 Å². The van der Waals surface area contributed by atoms with Gasteiger partial charge in [0.1, 0.15) is 0 Å². The number of pyridine rings is 1. The number of amides is 2. The summed E-state index contributed by atoms with van der Waals surface area (Å²) in [5, 5.41) is 3.16. The number of aromatic nitrogens is 1. The molecule has 26 heavy (non-hydrogen) atoms. The van der Waals surface area contributed by atoms with Gasteiger partial charge in [-0.15, -0.1) is 24.8 Å². The van der Waals surface area contributed by atoms with E-state index in [0.717, 1.165) is 25.7 Å². The van der Waals surface area contributed by atoms with Gasteiger partial charge in [-0.1, -0.05) is 0 Å². The molecule has 0 spiro atoms. The van der Waals surface area contributed by atoms with Crippen molar-refractivity contribution in [2.24, 2.45) is 17.6 Å². The van der Waals surface area contributed by atoms with Crippen molar-refractivity contribution in [3.05, 3.63) is 30.1 Å². The highest BCUT2D eigenvalue weighted by Crippen LogP contribution is 2.39. The highest BCUT2D eigenvalue weighted by atomic mass is 35.5. The maximum Gasteiger partial charge on any atom is 0.253 e. The maximum atomic E-state index is 12.7. The topological polar surface area (TPSA) is 88.3 Å². The summed E-state index contributed by atoms with van der Waals surface area (Å²) >= 11 is 0. The minimum atomic E-state index is -0.311. The van der Waals surface area contributed by atoms with Gasteiger partial charge in [0.05, 0.1) is 11.5 Å². The van der Waals surface area contributed by atoms with E-state index in [1.807, 2.05) is 6.92 Å². The van der Waals surface area contributed by atoms with Gasteiger partial charge in [0.15, 0.2) is 0 Å². The van der Waals surface area contributed by atoms with Gasteiger partial charge in [-0.25, -0.2) is 0 Å². The van der Waals surface area contributed by atoms with Crippen molar-refractivity contribution in [3.63, 3.8) is 0 Å². The number of hydrogen-bond acceptors (Lipinski definition) is 4. The summed E-state index contributed by atoms with van der Waals surface area (Å²) in [6, 6.07) is 3.43. The molecule has 2 atom stereocenters. The highest BCUT2D eigenvalue weighted by Gasteiger charge is 2.42. The van der Waals surface area contributed by atoms with E-state index >= 15 is 0 Å². The van der Waals surface area contributed by atoms with Crippen molar-refractivity contribution in [2.75, 3.05) is 19.6 Å². The van der Waals surface area contributed by atoms with E-state index in [9.17, 15) is 9.59 Å². The molecule has 1 aliphatic carbocycles. The number of piperidine rings is 1. The molecule has 2 unspecified atom stereocenters. The van der Waals surface area contributed by atoms with Gasteiger partial charge < -0.3 is 16.0 Å². The summed E-state index contributed by atoms with van der Waals surface area (Å²) < 4.78 is 0. The Balaban J connectivity index is 0.00000169. The molecule has 1 saturated heterocycles. The highest BCUT2D eigenvalue weighted by molar-refractivity contribution is 5.94. The number of nitrogens with zero attached hydrogens (tertiary/aromatic N) is 2. The third-order valence-electron chi connectivity index (χ3n) is 5.32. The van der Waals surface area contributed by atoms with Crippen molar-refractivity contribution >= 4 is 36.6 Å². The van der Waals surface area contributed by atoms with Crippen molar-refractivity contribution in [1.29, 1.82) is 0 Å². The second-order valence-electron chi connectivity index (χ2n) is 7.21. The van der Waals surface area contributed by atoms with Crippen LogP contribution >= 0.6 is 24.8 Å². The number of halogens is 2. The first-order chi connectivity index (χ1) is 11.5. The molecule has 1 aromatic heterocycles. The van der Waals surface area contributed by atoms with Crippen LogP contribution in [0.3, 0.4) is 0 Å². The van der Waals surface area contributed by atoms with Crippen LogP contribution in [-0.2, 0) is 4.79 Å². The third-order valence-corrected chi connectivity index (χ3v) is 5.32. The van der Waals surface area contributed by atoms with E-state index in [1.54, 1.807) is 29.4 Å². The molecule has 0 aromatic carbocycles. The van der Waals surface area contributed by atoms with Gasteiger partial charge in [-0.05, 0) is 50.7 Å². The average molecular weight is 403 g/mol. The van der Waals surface area contributed by atoms with Gasteiger partial charge in [-0.3, -0.25) is 14.6 Å². The van der Waals surface area contributed by atoms with Crippen LogP contribution < -0.4 is 11.1 Å². The molecule has 3 rings (SSSR count). The first-order valence-electron chi connectivity index (χ1n) is 8.75. The van der Waals surface area contributed by atoms with Gasteiger partial charge >= 0.3 is 0 Å². The Morgan fingerprint density at radius 1 is 1.27 bits per heavy atom. The summed E-state index contributed by atoms with van der Waals surface area (Å²) in [5.74, 6) is 0.333. The quantitative estimate of drug-likeness (QED) is 0.788. The molecule has 1 aliphatic heterocycles. The zero-order valence-corrected chi connectivity index (χ0v) is 16.7. The molecule has 2 heterocycles. The predicted octanol–water partition coefficient (Wildman–Crippen LogP) is 2.02. The van der Waals surface area contributed by atoms with Crippen LogP contribution in [0, 0.1) is 11.8 Å². The van der Waals surface area contributed by atoms with E-state index in [-0.39, 0.29) is 48.1 Å². The fourth-order valence-corrected chi connectivity index (χ4v) is 3.48. The molecule has 8 heteroatoms. The number of nitrogens with one attached hydrogen (secondary N) is 1. The molecule has 1 aromatic rings. The van der Waals surface area contributed by atoms with Crippen LogP contribution in [-0.4, -0.2) is 46.9 Å². The molecule has 1 saturated carbocycles. The second-order valence-corrected chi connectivity index (χ2v) is 7.21. The zero-order chi connectivity index (χ0) is 17.2. The fourth-order valence-electron chi connectivity index (χ4n) is 3.48. The van der Waals surface area contributed by atoms with E-state index in [4.69, 9.17) is 5.73 Å². The van der Waals surface area contributed by atoms with Gasteiger partial charge in [-0.2, -0.15) is 0 Å². The Morgan fingerprint density at radius 2 is 1.92 bits per heavy atom. The minimum absolute atomic E-state index is 0. The van der Waals surface area contributed by atoms with Crippen LogP contribution in [0.5, 0.6) is 0 Å². The van der Waals surface area contributed by atoms with Gasteiger partial charge in [0.25, 0.3) is 5.91 Å². The van der Waals surface area contributed by atoms with Crippen LogP contribution in [0.25, 0.3) is 0 Å². The molecule has 3 N–H and O–H groups in total. The predicted molar refractivity (Wildman–Crippen MR) is 106 cm³/mol. The van der Waals surface area contributed by atoms with Crippen LogP contribution in [0.2, 0.25) is 0 Å². The molecule has 146 valence electrons. The largest absolute Gasteiger partial charge is 0.349 e. The van der Waals surface area contributed by atoms with Crippen molar-refractivity contribution in [2.45, 2.75) is 38.1 Å². The SMILES string of the molecule is CC(CN)(NC(=O)C1CCCN(C(=O)c2ccncc2)C1)C1CC1.Cl.Cl. The Bertz CT molecular complexity index is 612. The summed E-state index contributed by atoms with van der Waals surface area (Å²) in [6.45, 7) is 3.65. The number of hydrogen-bond donors (Lipinski definition) is 2. The van der Waals surface area contributed by atoms with Crippen molar-refractivity contribution in [1.82, 2.24) is 15.2 Å². The number of rotatable bonds is 5. The molecule has 0 radical (unpaired) electrons. The molecule has 0 bridgehead atoms. The average Bonchev–Trinajstić information content (AvgIpc) is 3.47. The Hall–Kier alpha value is -1.37. The summed E-state index contributed by atoms with van der Waals surface area (Å²) in [7, 11) is 0. The van der Waals surface area contributed by atoms with Crippen molar-refractivity contribution < 1.29 is 9.59 Å². The summed E-state index contributed by atoms with van der Waals surface area (Å²) in [6.07, 6.45) is 7.15. The third kappa shape index (κ3) is 5.09. The molecule has 2 amide bonds. The van der Waals surface area contributed by atoms with Gasteiger partial charge in [0, 0.05) is 37.6 Å². The standard InChI is InChI=1S/C18H26N4O2.2ClH/c1-18(12-19,15-4-5-15)21-16(23)14-3-2-10-22(11-14)17(24)13-6-8-20-9-7-13;;/h6-9,14-15H,2-5,10-12,19H2,1H3,(H,21,23);2*1H. The summed E-state index contributed by atoms with van der Waals surface area (Å²) in [5.41, 5.74) is 6.20. The smallest absolute Gasteiger partial charge is 0.253 e. The lowest BCUT2D eigenvalue weighted by Gasteiger charge is -2.36. The van der Waals surface area contributed by atoms with Gasteiger partial charge in [0.2, 0.25) is 5.91 Å². The summed E-state index contributed by atoms with van der Waals surface area (Å²) in [4.78, 5) is 31.0. The Morgan fingerprint density at radius 3 is 2.50 bits per heavy atom. The minimum Gasteiger partial charge on any atom is -0.349 e. The lowest BCUT2D eigenvalue weighted by molar-refractivity contribution is -0.128. The lowest BCUT2D eigenvalue weighted by Crippen LogP contribution is -2.56. The van der Waals surface area contributed by atoms with Crippen LogP contribution in [0.15, 0.2) is 24.5 Å². The Kier molecular flexibility index (Phi) is 8.31. The molecule has 2 fully saturated rings. The fraction of sp³-hybridized carbons (Fsp3) is 0.611.